The number of hydrogen-bond acceptors (Lipinski definition) is 7. The molecule has 0 amide bonds. The van der Waals surface area contributed by atoms with Gasteiger partial charge in [0.1, 0.15) is 11.5 Å². The molecule has 4 atom stereocenters. The zero-order valence-corrected chi connectivity index (χ0v) is 20.4. The highest BCUT2D eigenvalue weighted by Crippen LogP contribution is 2.49. The monoisotopic (exact) mass is 514 g/mol. The van der Waals surface area contributed by atoms with Crippen molar-refractivity contribution in [3.05, 3.63) is 65.5 Å². The highest BCUT2D eigenvalue weighted by molar-refractivity contribution is 5.41. The average Bonchev–Trinajstić information content (AvgIpc) is 3.51. The van der Waals surface area contributed by atoms with Gasteiger partial charge in [0.2, 0.25) is 0 Å². The number of ether oxygens (including phenoxy) is 2. The molecule has 6 rings (SSSR count). The molecular weight excluding hydrogens is 485 g/mol. The summed E-state index contributed by atoms with van der Waals surface area (Å²) in [6.07, 6.45) is -0.101. The van der Waals surface area contributed by atoms with Gasteiger partial charge in [-0.1, -0.05) is 30.3 Å². The second-order valence-corrected chi connectivity index (χ2v) is 10.2. The summed E-state index contributed by atoms with van der Waals surface area (Å²) in [6.45, 7) is 0.346. The lowest BCUT2D eigenvalue weighted by Crippen LogP contribution is -2.58. The molecule has 3 fully saturated rings. The van der Waals surface area contributed by atoms with Gasteiger partial charge in [-0.25, -0.2) is 4.68 Å². The normalized spacial score (nSPS) is 27.3. The van der Waals surface area contributed by atoms with E-state index in [1.54, 1.807) is 10.7 Å². The summed E-state index contributed by atoms with van der Waals surface area (Å²) < 4.78 is 50.6. The zero-order chi connectivity index (χ0) is 25.6. The number of alkyl halides is 3. The van der Waals surface area contributed by atoms with E-state index < -0.39 is 6.36 Å². The first kappa shape index (κ1) is 24.2. The second kappa shape index (κ2) is 9.29. The molecule has 3 heterocycles. The highest BCUT2D eigenvalue weighted by atomic mass is 19.4. The largest absolute Gasteiger partial charge is 0.573 e. The van der Waals surface area contributed by atoms with Gasteiger partial charge in [0, 0.05) is 37.2 Å². The minimum atomic E-state index is -4.75. The molecule has 1 aliphatic carbocycles. The van der Waals surface area contributed by atoms with Crippen molar-refractivity contribution in [3.63, 3.8) is 0 Å². The third kappa shape index (κ3) is 4.89. The Kier molecular flexibility index (Phi) is 6.07. The average molecular weight is 515 g/mol. The molecule has 2 saturated heterocycles. The molecule has 0 unspecified atom stereocenters. The Labute approximate surface area is 212 Å². The first-order chi connectivity index (χ1) is 17.8. The molecule has 0 radical (unpaired) electrons. The smallest absolute Gasteiger partial charge is 0.490 e. The van der Waals surface area contributed by atoms with E-state index in [2.05, 4.69) is 43.0 Å². The zero-order valence-electron chi connectivity index (χ0n) is 20.4. The van der Waals surface area contributed by atoms with Crippen LogP contribution < -0.4 is 20.1 Å². The lowest BCUT2D eigenvalue weighted by Gasteiger charge is -2.43. The SMILES string of the molecule is Cn1nnnc1[C@H]1C[C@]2(c3ccccc3)N[C@H]1CC[C@H]2NCc1cc(OC(F)(F)F)ccc1OC1CC1. The Balaban J connectivity index is 1.29. The number of piperidine rings is 1. The van der Waals surface area contributed by atoms with E-state index in [0.717, 1.165) is 37.9 Å². The van der Waals surface area contributed by atoms with Crippen LogP contribution in [0.5, 0.6) is 11.5 Å². The molecule has 0 spiro atoms. The van der Waals surface area contributed by atoms with Crippen molar-refractivity contribution in [3.8, 4) is 11.5 Å². The van der Waals surface area contributed by atoms with Gasteiger partial charge in [0.15, 0.2) is 5.82 Å². The minimum Gasteiger partial charge on any atom is -0.490 e. The summed E-state index contributed by atoms with van der Waals surface area (Å²) in [5.41, 5.74) is 1.43. The molecule has 1 saturated carbocycles. The summed E-state index contributed by atoms with van der Waals surface area (Å²) in [6, 6.07) is 14.9. The maximum absolute atomic E-state index is 12.9. The first-order valence-corrected chi connectivity index (χ1v) is 12.6. The van der Waals surface area contributed by atoms with Crippen molar-refractivity contribution in [1.29, 1.82) is 0 Å². The van der Waals surface area contributed by atoms with Crippen LogP contribution in [-0.2, 0) is 19.1 Å². The Morgan fingerprint density at radius 2 is 1.92 bits per heavy atom. The molecule has 2 N–H and O–H groups in total. The quantitative estimate of drug-likeness (QED) is 0.471. The molecular formula is C26H29F3N6O2. The van der Waals surface area contributed by atoms with Crippen LogP contribution >= 0.6 is 0 Å². The number of halogens is 3. The molecule has 196 valence electrons. The van der Waals surface area contributed by atoms with E-state index in [-0.39, 0.29) is 35.4 Å². The van der Waals surface area contributed by atoms with Gasteiger partial charge in [-0.05, 0) is 66.3 Å². The Morgan fingerprint density at radius 1 is 1.11 bits per heavy atom. The van der Waals surface area contributed by atoms with E-state index in [1.165, 1.54) is 17.7 Å². The highest BCUT2D eigenvalue weighted by Gasteiger charge is 2.55. The van der Waals surface area contributed by atoms with Crippen molar-refractivity contribution in [2.24, 2.45) is 7.05 Å². The summed E-state index contributed by atoms with van der Waals surface area (Å²) in [7, 11) is 1.86. The number of hydrogen-bond donors (Lipinski definition) is 2. The van der Waals surface area contributed by atoms with Gasteiger partial charge < -0.3 is 20.1 Å². The Bertz CT molecular complexity index is 1250. The van der Waals surface area contributed by atoms with Gasteiger partial charge in [-0.3, -0.25) is 0 Å². The lowest BCUT2D eigenvalue weighted by atomic mass is 9.78. The molecule has 3 aromatic rings. The van der Waals surface area contributed by atoms with E-state index in [4.69, 9.17) is 4.74 Å². The van der Waals surface area contributed by atoms with Crippen molar-refractivity contribution in [1.82, 2.24) is 30.8 Å². The van der Waals surface area contributed by atoms with Crippen LogP contribution in [0.1, 0.15) is 55.0 Å². The fourth-order valence-corrected chi connectivity index (χ4v) is 5.93. The molecule has 2 bridgehead atoms. The van der Waals surface area contributed by atoms with E-state index in [1.807, 2.05) is 25.2 Å². The standard InChI is InChI=1S/C26H29F3N6O2/c1-35-24(32-33-34-35)20-14-25(17-5-3-2-4-6-17)23(12-10-21(20)31-25)30-15-16-13-19(37-26(27,28)29)9-11-22(16)36-18-7-8-18/h2-6,9,11,13,18,20-21,23,30-31H,7-8,10,12,14-15H2,1H3/t20-,21-,23+,25+/m0/s1. The van der Waals surface area contributed by atoms with Gasteiger partial charge in [0.25, 0.3) is 0 Å². The van der Waals surface area contributed by atoms with Gasteiger partial charge in [0.05, 0.1) is 11.6 Å². The van der Waals surface area contributed by atoms with Crippen LogP contribution in [0.2, 0.25) is 0 Å². The number of aromatic nitrogens is 4. The topological polar surface area (TPSA) is 86.1 Å². The number of benzene rings is 2. The van der Waals surface area contributed by atoms with Crippen LogP contribution in [0.3, 0.4) is 0 Å². The summed E-state index contributed by atoms with van der Waals surface area (Å²) >= 11 is 0. The van der Waals surface area contributed by atoms with Gasteiger partial charge in [-0.2, -0.15) is 0 Å². The third-order valence-corrected chi connectivity index (χ3v) is 7.73. The maximum atomic E-state index is 12.9. The molecule has 2 aliphatic heterocycles. The predicted octanol–water partition coefficient (Wildman–Crippen LogP) is 3.94. The van der Waals surface area contributed by atoms with Crippen LogP contribution in [0.4, 0.5) is 13.2 Å². The van der Waals surface area contributed by atoms with Crippen molar-refractivity contribution < 1.29 is 22.6 Å². The van der Waals surface area contributed by atoms with Crippen LogP contribution in [0.25, 0.3) is 0 Å². The number of fused-ring (bicyclic) bond motifs is 2. The number of tetrazole rings is 1. The summed E-state index contributed by atoms with van der Waals surface area (Å²) in [5.74, 6) is 1.34. The molecule has 11 heteroatoms. The van der Waals surface area contributed by atoms with Crippen molar-refractivity contribution >= 4 is 0 Å². The molecule has 1 aromatic heterocycles. The minimum absolute atomic E-state index is 0.0262. The van der Waals surface area contributed by atoms with Crippen LogP contribution in [0, 0.1) is 0 Å². The van der Waals surface area contributed by atoms with E-state index in [9.17, 15) is 13.2 Å². The number of nitrogens with zero attached hydrogens (tertiary/aromatic N) is 4. The summed E-state index contributed by atoms with van der Waals surface area (Å²) in [5, 5.41) is 19.8. The number of rotatable bonds is 8. The van der Waals surface area contributed by atoms with E-state index in [0.29, 0.717) is 17.9 Å². The Hall–Kier alpha value is -3.18. The predicted molar refractivity (Wildman–Crippen MR) is 128 cm³/mol. The third-order valence-electron chi connectivity index (χ3n) is 7.73. The lowest BCUT2D eigenvalue weighted by molar-refractivity contribution is -0.274. The first-order valence-electron chi connectivity index (χ1n) is 12.6. The van der Waals surface area contributed by atoms with Crippen LogP contribution in [0.15, 0.2) is 48.5 Å². The van der Waals surface area contributed by atoms with Crippen LogP contribution in [-0.4, -0.2) is 44.8 Å². The molecule has 8 nitrogen and oxygen atoms in total. The molecule has 37 heavy (non-hydrogen) atoms. The summed E-state index contributed by atoms with van der Waals surface area (Å²) in [4.78, 5) is 0. The maximum Gasteiger partial charge on any atom is 0.573 e. The second-order valence-electron chi connectivity index (χ2n) is 10.2. The fraction of sp³-hybridized carbons (Fsp3) is 0.500. The van der Waals surface area contributed by atoms with E-state index >= 15 is 0 Å². The van der Waals surface area contributed by atoms with Crippen molar-refractivity contribution in [2.75, 3.05) is 0 Å². The van der Waals surface area contributed by atoms with Gasteiger partial charge in [-0.15, -0.1) is 18.3 Å². The van der Waals surface area contributed by atoms with Crippen molar-refractivity contribution in [2.45, 2.75) is 74.7 Å². The molecule has 3 aliphatic rings. The number of nitrogens with one attached hydrogen (secondary N) is 2. The number of aryl methyl sites for hydroxylation is 1. The Morgan fingerprint density at radius 3 is 2.62 bits per heavy atom. The van der Waals surface area contributed by atoms with Gasteiger partial charge >= 0.3 is 6.36 Å². The molecule has 2 aromatic carbocycles. The fourth-order valence-electron chi connectivity index (χ4n) is 5.93.